The smallest absolute Gasteiger partial charge is 0.203 e. The normalized spacial score (nSPS) is 10.4. The van der Waals surface area contributed by atoms with Crippen molar-refractivity contribution in [3.63, 3.8) is 0 Å². The van der Waals surface area contributed by atoms with Crippen LogP contribution >= 0.6 is 22.9 Å². The van der Waals surface area contributed by atoms with Crippen molar-refractivity contribution < 1.29 is 4.74 Å². The Kier molecular flexibility index (Phi) is 3.54. The molecule has 0 aliphatic rings. The van der Waals surface area contributed by atoms with Gasteiger partial charge in [0.05, 0.1) is 0 Å². The summed E-state index contributed by atoms with van der Waals surface area (Å²) in [5.74, 6) is 1.48. The Morgan fingerprint density at radius 3 is 2.05 bits per heavy atom. The van der Waals surface area contributed by atoms with Gasteiger partial charge in [-0.3, -0.25) is 0 Å². The van der Waals surface area contributed by atoms with E-state index < -0.39 is 0 Å². The van der Waals surface area contributed by atoms with Crippen LogP contribution in [0.1, 0.15) is 0 Å². The Balaban J connectivity index is 1.77. The number of halogens is 1. The average molecular weight is 304 g/mol. The zero-order valence-electron chi connectivity index (χ0n) is 10.3. The molecule has 0 spiro atoms. The largest absolute Gasteiger partial charge is 0.457 e. The summed E-state index contributed by atoms with van der Waals surface area (Å²) in [7, 11) is 0. The lowest BCUT2D eigenvalue weighted by molar-refractivity contribution is 0.483. The van der Waals surface area contributed by atoms with Crippen LogP contribution in [0, 0.1) is 0 Å². The zero-order chi connectivity index (χ0) is 13.9. The molecule has 4 nitrogen and oxygen atoms in total. The van der Waals surface area contributed by atoms with Crippen molar-refractivity contribution in [2.75, 3.05) is 5.73 Å². The van der Waals surface area contributed by atoms with Gasteiger partial charge in [-0.2, -0.15) is 0 Å². The number of nitrogen functional groups attached to an aromatic ring is 1. The fraction of sp³-hybridized carbons (Fsp3) is 0. The van der Waals surface area contributed by atoms with Crippen molar-refractivity contribution in [1.29, 1.82) is 0 Å². The third-order valence-corrected chi connectivity index (χ3v) is 3.64. The summed E-state index contributed by atoms with van der Waals surface area (Å²) in [6.45, 7) is 0. The van der Waals surface area contributed by atoms with Gasteiger partial charge in [-0.1, -0.05) is 22.9 Å². The van der Waals surface area contributed by atoms with E-state index in [0.29, 0.717) is 10.2 Å². The van der Waals surface area contributed by atoms with Crippen molar-refractivity contribution in [1.82, 2.24) is 10.2 Å². The molecule has 0 saturated carbocycles. The summed E-state index contributed by atoms with van der Waals surface area (Å²) in [4.78, 5) is 0. The zero-order valence-corrected chi connectivity index (χ0v) is 11.9. The first-order chi connectivity index (χ1) is 9.70. The predicted octanol–water partition coefficient (Wildman–Crippen LogP) is 4.23. The van der Waals surface area contributed by atoms with Crippen LogP contribution in [0.3, 0.4) is 0 Å². The van der Waals surface area contributed by atoms with E-state index >= 15 is 0 Å². The molecule has 1 heterocycles. The fourth-order valence-corrected chi connectivity index (χ4v) is 2.40. The van der Waals surface area contributed by atoms with E-state index in [1.165, 1.54) is 11.3 Å². The van der Waals surface area contributed by atoms with E-state index in [1.54, 1.807) is 12.1 Å². The van der Waals surface area contributed by atoms with E-state index in [0.717, 1.165) is 22.1 Å². The number of nitrogens with two attached hydrogens (primary N) is 1. The van der Waals surface area contributed by atoms with Gasteiger partial charge in [0.15, 0.2) is 0 Å². The van der Waals surface area contributed by atoms with E-state index in [-0.39, 0.29) is 0 Å². The van der Waals surface area contributed by atoms with Gasteiger partial charge in [0.2, 0.25) is 5.13 Å². The number of hydrogen-bond acceptors (Lipinski definition) is 5. The molecule has 0 aliphatic heterocycles. The number of anilines is 1. The number of ether oxygens (including phenoxy) is 1. The van der Waals surface area contributed by atoms with Crippen molar-refractivity contribution in [2.45, 2.75) is 0 Å². The summed E-state index contributed by atoms with van der Waals surface area (Å²) in [6.07, 6.45) is 0. The van der Waals surface area contributed by atoms with Crippen LogP contribution in [0.15, 0.2) is 48.5 Å². The first-order valence-electron chi connectivity index (χ1n) is 5.83. The molecular weight excluding hydrogens is 294 g/mol. The van der Waals surface area contributed by atoms with Gasteiger partial charge < -0.3 is 10.5 Å². The number of aromatic nitrogens is 2. The third-order valence-electron chi connectivity index (χ3n) is 2.59. The molecule has 3 rings (SSSR count). The highest BCUT2D eigenvalue weighted by Crippen LogP contribution is 2.28. The molecule has 0 fully saturated rings. The maximum Gasteiger partial charge on any atom is 0.203 e. The monoisotopic (exact) mass is 303 g/mol. The summed E-state index contributed by atoms with van der Waals surface area (Å²) in [6, 6.07) is 14.8. The first-order valence-corrected chi connectivity index (χ1v) is 7.03. The predicted molar refractivity (Wildman–Crippen MR) is 81.3 cm³/mol. The maximum absolute atomic E-state index is 5.83. The lowest BCUT2D eigenvalue weighted by Gasteiger charge is -2.06. The second kappa shape index (κ2) is 5.48. The van der Waals surface area contributed by atoms with E-state index in [1.807, 2.05) is 36.4 Å². The van der Waals surface area contributed by atoms with Crippen molar-refractivity contribution in [3.8, 4) is 22.1 Å². The minimum atomic E-state index is 0.460. The van der Waals surface area contributed by atoms with Gasteiger partial charge in [0.25, 0.3) is 0 Å². The molecule has 20 heavy (non-hydrogen) atoms. The minimum absolute atomic E-state index is 0.460. The van der Waals surface area contributed by atoms with Crippen LogP contribution in [0.2, 0.25) is 5.02 Å². The molecule has 1 aromatic heterocycles. The highest BCUT2D eigenvalue weighted by molar-refractivity contribution is 7.18. The van der Waals surface area contributed by atoms with Crippen molar-refractivity contribution in [2.24, 2.45) is 0 Å². The third kappa shape index (κ3) is 2.89. The number of rotatable bonds is 3. The molecule has 0 atom stereocenters. The molecule has 0 radical (unpaired) electrons. The number of benzene rings is 2. The van der Waals surface area contributed by atoms with Crippen LogP contribution < -0.4 is 10.5 Å². The molecule has 2 aromatic carbocycles. The average Bonchev–Trinajstić information content (AvgIpc) is 2.89. The van der Waals surface area contributed by atoms with Gasteiger partial charge in [0, 0.05) is 10.6 Å². The van der Waals surface area contributed by atoms with Gasteiger partial charge in [0.1, 0.15) is 16.5 Å². The molecule has 0 aliphatic carbocycles. The molecule has 2 N–H and O–H groups in total. The van der Waals surface area contributed by atoms with Gasteiger partial charge >= 0.3 is 0 Å². The summed E-state index contributed by atoms with van der Waals surface area (Å²) < 4.78 is 5.71. The topological polar surface area (TPSA) is 61.0 Å². The van der Waals surface area contributed by atoms with Gasteiger partial charge in [-0.05, 0) is 48.5 Å². The molecule has 0 bridgehead atoms. The standard InChI is InChI=1S/C14H10ClN3OS/c15-10-3-7-12(8-4-10)19-11-5-1-9(2-6-11)13-17-18-14(16)20-13/h1-8H,(H2,16,18). The second-order valence-corrected chi connectivity index (χ2v) is 5.47. The maximum atomic E-state index is 5.83. The van der Waals surface area contributed by atoms with Gasteiger partial charge in [-0.25, -0.2) is 0 Å². The van der Waals surface area contributed by atoms with Crippen LogP contribution in [0.25, 0.3) is 10.6 Å². The van der Waals surface area contributed by atoms with Crippen molar-refractivity contribution >= 4 is 28.1 Å². The molecular formula is C14H10ClN3OS. The molecule has 0 amide bonds. The number of hydrogen-bond donors (Lipinski definition) is 1. The quantitative estimate of drug-likeness (QED) is 0.786. The van der Waals surface area contributed by atoms with E-state index in [2.05, 4.69) is 10.2 Å². The minimum Gasteiger partial charge on any atom is -0.457 e. The Morgan fingerprint density at radius 1 is 0.900 bits per heavy atom. The van der Waals surface area contributed by atoms with Crippen molar-refractivity contribution in [3.05, 3.63) is 53.6 Å². The SMILES string of the molecule is Nc1nnc(-c2ccc(Oc3ccc(Cl)cc3)cc2)s1. The van der Waals surface area contributed by atoms with Crippen LogP contribution in [-0.4, -0.2) is 10.2 Å². The molecule has 100 valence electrons. The number of nitrogens with zero attached hydrogens (tertiary/aromatic N) is 2. The van der Waals surface area contributed by atoms with Crippen LogP contribution in [-0.2, 0) is 0 Å². The van der Waals surface area contributed by atoms with E-state index in [9.17, 15) is 0 Å². The summed E-state index contributed by atoms with van der Waals surface area (Å²) in [5, 5.41) is 9.73. The van der Waals surface area contributed by atoms with Crippen LogP contribution in [0.4, 0.5) is 5.13 Å². The first kappa shape index (κ1) is 12.9. The van der Waals surface area contributed by atoms with Gasteiger partial charge in [-0.15, -0.1) is 10.2 Å². The highest BCUT2D eigenvalue weighted by Gasteiger charge is 2.05. The van der Waals surface area contributed by atoms with E-state index in [4.69, 9.17) is 22.1 Å². The Hall–Kier alpha value is -2.11. The molecule has 6 heteroatoms. The summed E-state index contributed by atoms with van der Waals surface area (Å²) >= 11 is 7.18. The fourth-order valence-electron chi connectivity index (χ4n) is 1.66. The van der Waals surface area contributed by atoms with Crippen LogP contribution in [0.5, 0.6) is 11.5 Å². The molecule has 0 unspecified atom stereocenters. The summed E-state index contributed by atoms with van der Waals surface area (Å²) in [5.41, 5.74) is 6.53. The Morgan fingerprint density at radius 2 is 1.50 bits per heavy atom. The lowest BCUT2D eigenvalue weighted by atomic mass is 10.2. The highest BCUT2D eigenvalue weighted by atomic mass is 35.5. The lowest BCUT2D eigenvalue weighted by Crippen LogP contribution is -1.84. The molecule has 3 aromatic rings. The molecule has 0 saturated heterocycles. The Labute approximate surface area is 124 Å². The second-order valence-electron chi connectivity index (χ2n) is 4.03. The Bertz CT molecular complexity index is 710.